The molecule has 0 spiro atoms. The van der Waals surface area contributed by atoms with Crippen LogP contribution in [0.4, 0.5) is 10.1 Å². The van der Waals surface area contributed by atoms with Gasteiger partial charge in [-0.1, -0.05) is 12.1 Å². The first-order valence-corrected chi connectivity index (χ1v) is 7.05. The molecule has 0 aliphatic heterocycles. The summed E-state index contributed by atoms with van der Waals surface area (Å²) in [4.78, 5) is 0. The van der Waals surface area contributed by atoms with Crippen molar-refractivity contribution in [3.63, 3.8) is 0 Å². The number of rotatable bonds is 7. The first kappa shape index (κ1) is 15.2. The van der Waals surface area contributed by atoms with Crippen molar-refractivity contribution in [2.45, 2.75) is 13.8 Å². The summed E-state index contributed by atoms with van der Waals surface area (Å²) in [5.41, 5.74) is 1.79. The molecule has 0 aliphatic carbocycles. The summed E-state index contributed by atoms with van der Waals surface area (Å²) in [5, 5.41) is 3.23. The van der Waals surface area contributed by atoms with E-state index in [1.165, 1.54) is 12.1 Å². The van der Waals surface area contributed by atoms with Crippen LogP contribution >= 0.6 is 0 Å². The van der Waals surface area contributed by atoms with Crippen LogP contribution in [0.3, 0.4) is 0 Å². The van der Waals surface area contributed by atoms with Crippen LogP contribution in [0.1, 0.15) is 12.5 Å². The molecule has 0 unspecified atom stereocenters. The maximum atomic E-state index is 13.0. The second-order valence-electron chi connectivity index (χ2n) is 4.61. The molecule has 0 aromatic heterocycles. The first-order valence-electron chi connectivity index (χ1n) is 7.05. The van der Waals surface area contributed by atoms with Crippen LogP contribution in [-0.2, 0) is 0 Å². The topological polar surface area (TPSA) is 30.5 Å². The average molecular weight is 289 g/mol. The Balaban J connectivity index is 1.84. The molecular formula is C17H20FNO2. The Hall–Kier alpha value is -2.23. The van der Waals surface area contributed by atoms with E-state index in [1.807, 2.05) is 38.1 Å². The monoisotopic (exact) mass is 289 g/mol. The van der Waals surface area contributed by atoms with E-state index in [4.69, 9.17) is 9.47 Å². The summed E-state index contributed by atoms with van der Waals surface area (Å²) in [6, 6.07) is 12.3. The zero-order chi connectivity index (χ0) is 15.1. The van der Waals surface area contributed by atoms with Crippen molar-refractivity contribution in [1.29, 1.82) is 0 Å². The van der Waals surface area contributed by atoms with E-state index in [-0.39, 0.29) is 5.82 Å². The van der Waals surface area contributed by atoms with Crippen molar-refractivity contribution >= 4 is 5.69 Å². The SMILES string of the molecule is CCOc1ccccc1OCCNc1ccc(F)cc1C. The Bertz CT molecular complexity index is 587. The number of hydrogen-bond acceptors (Lipinski definition) is 3. The highest BCUT2D eigenvalue weighted by Crippen LogP contribution is 2.26. The van der Waals surface area contributed by atoms with Crippen molar-refractivity contribution < 1.29 is 13.9 Å². The molecule has 3 nitrogen and oxygen atoms in total. The molecule has 2 aromatic rings. The molecule has 4 heteroatoms. The maximum Gasteiger partial charge on any atom is 0.161 e. The molecular weight excluding hydrogens is 269 g/mol. The van der Waals surface area contributed by atoms with Crippen LogP contribution < -0.4 is 14.8 Å². The van der Waals surface area contributed by atoms with Crippen molar-refractivity contribution in [3.05, 3.63) is 53.8 Å². The van der Waals surface area contributed by atoms with Gasteiger partial charge in [0.1, 0.15) is 12.4 Å². The van der Waals surface area contributed by atoms with Crippen LogP contribution in [0.5, 0.6) is 11.5 Å². The van der Waals surface area contributed by atoms with Gasteiger partial charge in [0.2, 0.25) is 0 Å². The highest BCUT2D eigenvalue weighted by Gasteiger charge is 2.03. The average Bonchev–Trinajstić information content (AvgIpc) is 2.47. The lowest BCUT2D eigenvalue weighted by Gasteiger charge is -2.13. The van der Waals surface area contributed by atoms with E-state index in [2.05, 4.69) is 5.32 Å². The van der Waals surface area contributed by atoms with Crippen LogP contribution in [0.25, 0.3) is 0 Å². The molecule has 0 saturated carbocycles. The fourth-order valence-corrected chi connectivity index (χ4v) is 2.02. The van der Waals surface area contributed by atoms with Gasteiger partial charge < -0.3 is 14.8 Å². The van der Waals surface area contributed by atoms with Crippen LogP contribution in [-0.4, -0.2) is 19.8 Å². The molecule has 0 radical (unpaired) electrons. The van der Waals surface area contributed by atoms with Crippen molar-refractivity contribution in [1.82, 2.24) is 0 Å². The van der Waals surface area contributed by atoms with E-state index in [1.54, 1.807) is 6.07 Å². The fraction of sp³-hybridized carbons (Fsp3) is 0.294. The second kappa shape index (κ2) is 7.53. The smallest absolute Gasteiger partial charge is 0.161 e. The standard InChI is InChI=1S/C17H20FNO2/c1-3-20-16-6-4-5-7-17(16)21-11-10-19-15-9-8-14(18)12-13(15)2/h4-9,12,19H,3,10-11H2,1-2H3. The molecule has 0 bridgehead atoms. The van der Waals surface area contributed by atoms with Gasteiger partial charge in [0.25, 0.3) is 0 Å². The second-order valence-corrected chi connectivity index (χ2v) is 4.61. The molecule has 1 N–H and O–H groups in total. The van der Waals surface area contributed by atoms with Gasteiger partial charge in [-0.2, -0.15) is 0 Å². The van der Waals surface area contributed by atoms with Crippen LogP contribution in [0.2, 0.25) is 0 Å². The van der Waals surface area contributed by atoms with Crippen molar-refractivity contribution in [3.8, 4) is 11.5 Å². The minimum Gasteiger partial charge on any atom is -0.490 e. The Morgan fingerprint density at radius 3 is 2.43 bits per heavy atom. The van der Waals surface area contributed by atoms with E-state index in [9.17, 15) is 4.39 Å². The number of ether oxygens (including phenoxy) is 2. The third-order valence-electron chi connectivity index (χ3n) is 3.01. The summed E-state index contributed by atoms with van der Waals surface area (Å²) in [7, 11) is 0. The molecule has 0 amide bonds. The van der Waals surface area contributed by atoms with Gasteiger partial charge in [0, 0.05) is 12.2 Å². The van der Waals surface area contributed by atoms with Gasteiger partial charge in [-0.15, -0.1) is 0 Å². The Kier molecular flexibility index (Phi) is 5.43. The lowest BCUT2D eigenvalue weighted by molar-refractivity contribution is 0.284. The molecule has 112 valence electrons. The van der Waals surface area contributed by atoms with Gasteiger partial charge in [0.05, 0.1) is 6.61 Å². The number of aryl methyl sites for hydroxylation is 1. The molecule has 0 saturated heterocycles. The summed E-state index contributed by atoms with van der Waals surface area (Å²) < 4.78 is 24.2. The van der Waals surface area contributed by atoms with Gasteiger partial charge in [-0.25, -0.2) is 4.39 Å². The lowest BCUT2D eigenvalue weighted by Crippen LogP contribution is -2.12. The molecule has 0 atom stereocenters. The highest BCUT2D eigenvalue weighted by molar-refractivity contribution is 5.50. The molecule has 2 rings (SSSR count). The van der Waals surface area contributed by atoms with Gasteiger partial charge >= 0.3 is 0 Å². The van der Waals surface area contributed by atoms with Gasteiger partial charge in [-0.3, -0.25) is 0 Å². The van der Waals surface area contributed by atoms with Gasteiger partial charge in [0.15, 0.2) is 11.5 Å². The number of anilines is 1. The zero-order valence-electron chi connectivity index (χ0n) is 12.4. The minimum atomic E-state index is -0.222. The number of nitrogens with one attached hydrogen (secondary N) is 1. The maximum absolute atomic E-state index is 13.0. The molecule has 0 heterocycles. The number of para-hydroxylation sites is 2. The quantitative estimate of drug-likeness (QED) is 0.781. The zero-order valence-corrected chi connectivity index (χ0v) is 12.4. The molecule has 2 aromatic carbocycles. The summed E-state index contributed by atoms with van der Waals surface area (Å²) in [6.07, 6.45) is 0. The van der Waals surface area contributed by atoms with Gasteiger partial charge in [-0.05, 0) is 49.7 Å². The summed E-state index contributed by atoms with van der Waals surface area (Å²) in [6.45, 7) is 5.55. The largest absolute Gasteiger partial charge is 0.490 e. The van der Waals surface area contributed by atoms with E-state index in [0.29, 0.717) is 19.8 Å². The number of hydrogen-bond donors (Lipinski definition) is 1. The predicted molar refractivity (Wildman–Crippen MR) is 82.7 cm³/mol. The normalized spacial score (nSPS) is 10.2. The Morgan fingerprint density at radius 2 is 1.76 bits per heavy atom. The molecule has 21 heavy (non-hydrogen) atoms. The fourth-order valence-electron chi connectivity index (χ4n) is 2.02. The number of halogens is 1. The lowest BCUT2D eigenvalue weighted by atomic mass is 10.2. The predicted octanol–water partition coefficient (Wildman–Crippen LogP) is 4.02. The highest BCUT2D eigenvalue weighted by atomic mass is 19.1. The van der Waals surface area contributed by atoms with Crippen molar-refractivity contribution in [2.75, 3.05) is 25.1 Å². The molecule has 0 aliphatic rings. The van der Waals surface area contributed by atoms with E-state index < -0.39 is 0 Å². The van der Waals surface area contributed by atoms with E-state index in [0.717, 1.165) is 22.7 Å². The number of benzene rings is 2. The Labute approximate surface area is 124 Å². The minimum absolute atomic E-state index is 0.222. The third kappa shape index (κ3) is 4.38. The van der Waals surface area contributed by atoms with Crippen LogP contribution in [0, 0.1) is 12.7 Å². The molecule has 0 fully saturated rings. The van der Waals surface area contributed by atoms with Crippen LogP contribution in [0.15, 0.2) is 42.5 Å². The third-order valence-corrected chi connectivity index (χ3v) is 3.01. The van der Waals surface area contributed by atoms with Crippen molar-refractivity contribution in [2.24, 2.45) is 0 Å². The summed E-state index contributed by atoms with van der Waals surface area (Å²) in [5.74, 6) is 1.26. The Morgan fingerprint density at radius 1 is 1.05 bits per heavy atom. The summed E-state index contributed by atoms with van der Waals surface area (Å²) >= 11 is 0. The van der Waals surface area contributed by atoms with E-state index >= 15 is 0 Å². The first-order chi connectivity index (χ1) is 10.2.